The lowest BCUT2D eigenvalue weighted by atomic mass is 10.2. The van der Waals surface area contributed by atoms with Crippen LogP contribution in [0.15, 0.2) is 0 Å². The molecule has 0 radical (unpaired) electrons. The molecule has 1 amide bonds. The van der Waals surface area contributed by atoms with Crippen LogP contribution in [-0.2, 0) is 4.79 Å². The summed E-state index contributed by atoms with van der Waals surface area (Å²) in [7, 11) is 2.05. The molecule has 4 heteroatoms. The molecule has 0 aromatic carbocycles. The zero-order chi connectivity index (χ0) is 10.3. The molecule has 0 aliphatic rings. The highest BCUT2D eigenvalue weighted by Gasteiger charge is 2.10. The Morgan fingerprint density at radius 2 is 2.15 bits per heavy atom. The van der Waals surface area contributed by atoms with Gasteiger partial charge in [0, 0.05) is 13.1 Å². The number of rotatable bonds is 7. The number of amides is 1. The Balaban J connectivity index is 3.55. The lowest BCUT2D eigenvalue weighted by Crippen LogP contribution is -2.43. The van der Waals surface area contributed by atoms with Gasteiger partial charge in [-0.25, -0.2) is 0 Å². The largest absolute Gasteiger partial charge is 0.368 e. The van der Waals surface area contributed by atoms with Crippen LogP contribution in [0.5, 0.6) is 0 Å². The van der Waals surface area contributed by atoms with Crippen molar-refractivity contribution in [2.75, 3.05) is 26.7 Å². The Morgan fingerprint density at radius 3 is 2.54 bits per heavy atom. The maximum atomic E-state index is 10.8. The van der Waals surface area contributed by atoms with Crippen molar-refractivity contribution >= 4 is 5.91 Å². The van der Waals surface area contributed by atoms with Crippen LogP contribution >= 0.6 is 0 Å². The first-order chi connectivity index (χ1) is 6.11. The summed E-state index contributed by atoms with van der Waals surface area (Å²) in [6.45, 7) is 6.83. The van der Waals surface area contributed by atoms with Crippen molar-refractivity contribution in [3.05, 3.63) is 0 Å². The zero-order valence-corrected chi connectivity index (χ0v) is 8.84. The molecule has 0 aromatic rings. The van der Waals surface area contributed by atoms with Gasteiger partial charge in [0.15, 0.2) is 0 Å². The molecule has 13 heavy (non-hydrogen) atoms. The number of carbonyl (C=O) groups is 1. The smallest absolute Gasteiger partial charge is 0.234 e. The predicted octanol–water partition coefficient (Wildman–Crippen LogP) is -0.208. The summed E-state index contributed by atoms with van der Waals surface area (Å²) in [4.78, 5) is 13.0. The Kier molecular flexibility index (Phi) is 6.54. The molecule has 0 rings (SSSR count). The summed E-state index contributed by atoms with van der Waals surface area (Å²) in [5, 5.41) is 3.12. The lowest BCUT2D eigenvalue weighted by molar-refractivity contribution is -0.120. The van der Waals surface area contributed by atoms with E-state index in [4.69, 9.17) is 5.73 Å². The van der Waals surface area contributed by atoms with E-state index < -0.39 is 0 Å². The molecular weight excluding hydrogens is 166 g/mol. The van der Waals surface area contributed by atoms with Gasteiger partial charge in [0.25, 0.3) is 0 Å². The fourth-order valence-electron chi connectivity index (χ4n) is 1.03. The molecule has 0 bridgehead atoms. The Morgan fingerprint density at radius 1 is 1.54 bits per heavy atom. The number of carbonyl (C=O) groups excluding carboxylic acids is 1. The molecule has 78 valence electrons. The Labute approximate surface area is 80.5 Å². The van der Waals surface area contributed by atoms with Gasteiger partial charge in [0.05, 0.1) is 6.04 Å². The summed E-state index contributed by atoms with van der Waals surface area (Å²) in [6, 6.07) is -0.176. The van der Waals surface area contributed by atoms with E-state index in [2.05, 4.69) is 17.1 Å². The third kappa shape index (κ3) is 5.60. The number of primary amides is 1. The van der Waals surface area contributed by atoms with E-state index in [1.54, 1.807) is 0 Å². The second kappa shape index (κ2) is 6.86. The van der Waals surface area contributed by atoms with Crippen LogP contribution in [0.1, 0.15) is 20.3 Å². The molecule has 0 saturated carbocycles. The van der Waals surface area contributed by atoms with E-state index in [-0.39, 0.29) is 11.9 Å². The minimum absolute atomic E-state index is 0.176. The van der Waals surface area contributed by atoms with Crippen molar-refractivity contribution in [2.45, 2.75) is 26.3 Å². The van der Waals surface area contributed by atoms with Crippen molar-refractivity contribution < 1.29 is 4.79 Å². The molecule has 1 atom stereocenters. The fourth-order valence-corrected chi connectivity index (χ4v) is 1.03. The van der Waals surface area contributed by atoms with Crippen LogP contribution < -0.4 is 11.1 Å². The minimum atomic E-state index is -0.262. The van der Waals surface area contributed by atoms with Crippen molar-refractivity contribution in [2.24, 2.45) is 5.73 Å². The number of likely N-dealkylation sites (N-methyl/N-ethyl adjacent to an activating group) is 1. The SMILES string of the molecule is CCC(NCCN(C)CC)C(N)=O. The maximum absolute atomic E-state index is 10.8. The molecule has 1 unspecified atom stereocenters. The minimum Gasteiger partial charge on any atom is -0.368 e. The summed E-state index contributed by atoms with van der Waals surface area (Å²) in [5.41, 5.74) is 5.18. The number of hydrogen-bond acceptors (Lipinski definition) is 3. The van der Waals surface area contributed by atoms with Gasteiger partial charge in [0.1, 0.15) is 0 Å². The number of nitrogens with one attached hydrogen (secondary N) is 1. The van der Waals surface area contributed by atoms with Gasteiger partial charge < -0.3 is 16.0 Å². The van der Waals surface area contributed by atoms with Gasteiger partial charge in [-0.1, -0.05) is 13.8 Å². The van der Waals surface area contributed by atoms with Crippen molar-refractivity contribution in [3.8, 4) is 0 Å². The summed E-state index contributed by atoms with van der Waals surface area (Å²) in [5.74, 6) is -0.262. The van der Waals surface area contributed by atoms with E-state index in [1.807, 2.05) is 14.0 Å². The van der Waals surface area contributed by atoms with Crippen molar-refractivity contribution in [1.82, 2.24) is 10.2 Å². The highest BCUT2D eigenvalue weighted by molar-refractivity contribution is 5.79. The van der Waals surface area contributed by atoms with Crippen molar-refractivity contribution in [3.63, 3.8) is 0 Å². The average Bonchev–Trinajstić information content (AvgIpc) is 2.11. The first-order valence-corrected chi connectivity index (χ1v) is 4.83. The van der Waals surface area contributed by atoms with Gasteiger partial charge >= 0.3 is 0 Å². The molecule has 0 spiro atoms. The highest BCUT2D eigenvalue weighted by Crippen LogP contribution is 1.88. The molecule has 0 aliphatic carbocycles. The monoisotopic (exact) mass is 187 g/mol. The standard InChI is InChI=1S/C9H21N3O/c1-4-8(9(10)13)11-6-7-12(3)5-2/h8,11H,4-7H2,1-3H3,(H2,10,13). The predicted molar refractivity (Wildman–Crippen MR) is 54.4 cm³/mol. The lowest BCUT2D eigenvalue weighted by Gasteiger charge is -2.17. The molecule has 0 heterocycles. The summed E-state index contributed by atoms with van der Waals surface area (Å²) >= 11 is 0. The molecule has 0 fully saturated rings. The molecule has 3 N–H and O–H groups in total. The quantitative estimate of drug-likeness (QED) is 0.580. The average molecular weight is 187 g/mol. The normalized spacial score (nSPS) is 13.2. The number of hydrogen-bond donors (Lipinski definition) is 2. The topological polar surface area (TPSA) is 58.4 Å². The summed E-state index contributed by atoms with van der Waals surface area (Å²) < 4.78 is 0. The number of nitrogens with two attached hydrogens (primary N) is 1. The fraction of sp³-hybridized carbons (Fsp3) is 0.889. The third-order valence-electron chi connectivity index (χ3n) is 2.18. The second-order valence-electron chi connectivity index (χ2n) is 3.21. The van der Waals surface area contributed by atoms with Crippen molar-refractivity contribution in [1.29, 1.82) is 0 Å². The Bertz CT molecular complexity index is 150. The van der Waals surface area contributed by atoms with Gasteiger partial charge in [0.2, 0.25) is 5.91 Å². The third-order valence-corrected chi connectivity index (χ3v) is 2.18. The zero-order valence-electron chi connectivity index (χ0n) is 8.84. The van der Waals surface area contributed by atoms with Crippen LogP contribution in [0.25, 0.3) is 0 Å². The van der Waals surface area contributed by atoms with E-state index in [0.717, 1.165) is 26.1 Å². The number of nitrogens with zero attached hydrogens (tertiary/aromatic N) is 1. The summed E-state index contributed by atoms with van der Waals surface area (Å²) in [6.07, 6.45) is 0.755. The van der Waals surface area contributed by atoms with E-state index >= 15 is 0 Å². The van der Waals surface area contributed by atoms with Crippen LogP contribution in [0.4, 0.5) is 0 Å². The Hall–Kier alpha value is -0.610. The van der Waals surface area contributed by atoms with Crippen LogP contribution in [-0.4, -0.2) is 43.5 Å². The molecule has 0 aliphatic heterocycles. The first kappa shape index (κ1) is 12.4. The van der Waals surface area contributed by atoms with Gasteiger partial charge in [-0.2, -0.15) is 0 Å². The highest BCUT2D eigenvalue weighted by atomic mass is 16.1. The van der Waals surface area contributed by atoms with Crippen LogP contribution in [0, 0.1) is 0 Å². The second-order valence-corrected chi connectivity index (χ2v) is 3.21. The van der Waals surface area contributed by atoms with Gasteiger partial charge in [-0.15, -0.1) is 0 Å². The maximum Gasteiger partial charge on any atom is 0.234 e. The molecular formula is C9H21N3O. The van der Waals surface area contributed by atoms with E-state index in [1.165, 1.54) is 0 Å². The van der Waals surface area contributed by atoms with E-state index in [0.29, 0.717) is 0 Å². The van der Waals surface area contributed by atoms with Gasteiger partial charge in [-0.3, -0.25) is 4.79 Å². The van der Waals surface area contributed by atoms with E-state index in [9.17, 15) is 4.79 Å². The first-order valence-electron chi connectivity index (χ1n) is 4.83. The molecule has 0 aromatic heterocycles. The molecule has 4 nitrogen and oxygen atoms in total. The molecule has 0 saturated heterocycles. The van der Waals surface area contributed by atoms with Crippen LogP contribution in [0.3, 0.4) is 0 Å². The van der Waals surface area contributed by atoms with Gasteiger partial charge in [-0.05, 0) is 20.0 Å². The van der Waals surface area contributed by atoms with Crippen LogP contribution in [0.2, 0.25) is 0 Å².